The third kappa shape index (κ3) is 2.66. The molecule has 0 amide bonds. The number of nitrogens with zero attached hydrogens (tertiary/aromatic N) is 1. The van der Waals surface area contributed by atoms with Crippen LogP contribution in [-0.2, 0) is 9.59 Å². The number of carbonyl (C=O) groups is 1. The van der Waals surface area contributed by atoms with Crippen molar-refractivity contribution in [2.24, 2.45) is 5.41 Å². The topological polar surface area (TPSA) is 93.3 Å². The maximum Gasteiger partial charge on any atom is 0.312 e. The first kappa shape index (κ1) is 12.4. The van der Waals surface area contributed by atoms with E-state index in [1.54, 1.807) is 11.7 Å². The van der Waals surface area contributed by atoms with E-state index < -0.39 is 11.4 Å². The maximum atomic E-state index is 10.9. The third-order valence-electron chi connectivity index (χ3n) is 1.96. The van der Waals surface area contributed by atoms with Gasteiger partial charge >= 0.3 is 5.97 Å². The highest BCUT2D eigenvalue weighted by atomic mass is 32.1. The number of aliphatic carboxylic acids is 1. The van der Waals surface area contributed by atoms with Crippen LogP contribution in [0.25, 0.3) is 5.57 Å². The second-order valence-electron chi connectivity index (χ2n) is 3.76. The summed E-state index contributed by atoms with van der Waals surface area (Å²) in [6.45, 7) is 2.98. The normalized spacial score (nSPS) is 12.5. The van der Waals surface area contributed by atoms with Crippen LogP contribution < -0.4 is 5.73 Å². The van der Waals surface area contributed by atoms with Crippen molar-refractivity contribution in [3.63, 3.8) is 0 Å². The summed E-state index contributed by atoms with van der Waals surface area (Å²) in [6, 6.07) is 0. The molecule has 16 heavy (non-hydrogen) atoms. The highest BCUT2D eigenvalue weighted by Crippen LogP contribution is 2.25. The van der Waals surface area contributed by atoms with E-state index in [9.17, 15) is 9.59 Å². The number of carboxylic acid groups (broad SMARTS) is 1. The molecule has 1 radical (unpaired) electrons. The van der Waals surface area contributed by atoms with Crippen LogP contribution in [0.1, 0.15) is 19.5 Å². The van der Waals surface area contributed by atoms with Crippen LogP contribution in [-0.4, -0.2) is 22.3 Å². The van der Waals surface area contributed by atoms with Gasteiger partial charge in [-0.2, -0.15) is 0 Å². The fraction of sp³-hybridized carbons (Fsp3) is 0.300. The minimum absolute atomic E-state index is 0.111. The molecule has 0 saturated heterocycles. The molecule has 0 aliphatic heterocycles. The summed E-state index contributed by atoms with van der Waals surface area (Å²) >= 11 is 1.18. The maximum absolute atomic E-state index is 10.9. The Morgan fingerprint density at radius 1 is 1.69 bits per heavy atom. The molecule has 85 valence electrons. The Balaban J connectivity index is 3.13. The number of hydrogen-bond donors (Lipinski definition) is 2. The van der Waals surface area contributed by atoms with Crippen LogP contribution in [0, 0.1) is 5.41 Å². The molecule has 0 fully saturated rings. The molecule has 1 aromatic rings. The lowest BCUT2D eigenvalue weighted by Crippen LogP contribution is -2.21. The Hall–Kier alpha value is -1.69. The number of hydrogen-bond acceptors (Lipinski definition) is 5. The smallest absolute Gasteiger partial charge is 0.312 e. The zero-order valence-electron chi connectivity index (χ0n) is 8.85. The Bertz CT molecular complexity index is 449. The molecular weight excluding hydrogens is 228 g/mol. The van der Waals surface area contributed by atoms with Gasteiger partial charge in [0.25, 0.3) is 0 Å². The second-order valence-corrected chi connectivity index (χ2v) is 4.65. The van der Waals surface area contributed by atoms with E-state index in [1.807, 2.05) is 0 Å². The molecule has 0 aliphatic carbocycles. The molecule has 0 atom stereocenters. The Labute approximate surface area is 96.6 Å². The standard InChI is InChI=1S/C10H11N2O3S/c1-10(2,8(14)15)3-6(4-13)7-5-16-9(11)12-7/h3,5H,1-2H3,(H2,11,12)(H,14,15)/b6-3+. The van der Waals surface area contributed by atoms with Gasteiger partial charge in [0.15, 0.2) is 5.13 Å². The van der Waals surface area contributed by atoms with Gasteiger partial charge in [0.2, 0.25) is 6.29 Å². The fourth-order valence-electron chi connectivity index (χ4n) is 0.990. The lowest BCUT2D eigenvalue weighted by Gasteiger charge is -2.13. The molecule has 5 nitrogen and oxygen atoms in total. The van der Waals surface area contributed by atoms with E-state index in [4.69, 9.17) is 10.8 Å². The molecule has 1 aromatic heterocycles. The summed E-state index contributed by atoms with van der Waals surface area (Å²) in [7, 11) is 0. The number of rotatable bonds is 4. The summed E-state index contributed by atoms with van der Waals surface area (Å²) in [5.74, 6) is -1.02. The zero-order chi connectivity index (χ0) is 12.3. The van der Waals surface area contributed by atoms with Gasteiger partial charge in [-0.3, -0.25) is 9.59 Å². The predicted octanol–water partition coefficient (Wildman–Crippen LogP) is 1.33. The van der Waals surface area contributed by atoms with Gasteiger partial charge in [-0.15, -0.1) is 11.3 Å². The second kappa shape index (κ2) is 4.44. The molecule has 1 rings (SSSR count). The van der Waals surface area contributed by atoms with E-state index in [-0.39, 0.29) is 5.57 Å². The van der Waals surface area contributed by atoms with Crippen molar-refractivity contribution >= 4 is 34.3 Å². The van der Waals surface area contributed by atoms with Crippen LogP contribution >= 0.6 is 11.3 Å². The van der Waals surface area contributed by atoms with Crippen LogP contribution in [0.2, 0.25) is 0 Å². The molecule has 0 aliphatic rings. The van der Waals surface area contributed by atoms with E-state index in [2.05, 4.69) is 4.98 Å². The minimum Gasteiger partial charge on any atom is -0.481 e. The number of nitrogen functional groups attached to an aromatic ring is 1. The predicted molar refractivity (Wildman–Crippen MR) is 61.6 cm³/mol. The number of nitrogens with two attached hydrogens (primary N) is 1. The highest BCUT2D eigenvalue weighted by molar-refractivity contribution is 7.13. The van der Waals surface area contributed by atoms with Gasteiger partial charge in [0.1, 0.15) is 0 Å². The SMILES string of the molecule is CC(C)(/C=C(\[C]=O)c1csc(N)n1)C(=O)O. The molecule has 0 aromatic carbocycles. The molecule has 6 heteroatoms. The first-order chi connectivity index (χ1) is 7.36. The summed E-state index contributed by atoms with van der Waals surface area (Å²) in [4.78, 5) is 25.5. The number of allylic oxidation sites excluding steroid dienone is 1. The molecule has 0 bridgehead atoms. The van der Waals surface area contributed by atoms with E-state index in [0.717, 1.165) is 0 Å². The average molecular weight is 239 g/mol. The number of aromatic nitrogens is 1. The summed E-state index contributed by atoms with van der Waals surface area (Å²) in [5.41, 5.74) is 4.75. The number of anilines is 1. The molecule has 3 N–H and O–H groups in total. The highest BCUT2D eigenvalue weighted by Gasteiger charge is 2.25. The number of carboxylic acids is 1. The quantitative estimate of drug-likeness (QED) is 0.773. The monoisotopic (exact) mass is 239 g/mol. The largest absolute Gasteiger partial charge is 0.481 e. The third-order valence-corrected chi connectivity index (χ3v) is 2.64. The van der Waals surface area contributed by atoms with E-state index in [1.165, 1.54) is 31.3 Å². The van der Waals surface area contributed by atoms with Gasteiger partial charge in [0.05, 0.1) is 11.1 Å². The zero-order valence-corrected chi connectivity index (χ0v) is 9.67. The molecular formula is C10H11N2O3S. The first-order valence-corrected chi connectivity index (χ1v) is 5.30. The molecule has 0 unspecified atom stereocenters. The van der Waals surface area contributed by atoms with Crippen molar-refractivity contribution in [3.05, 3.63) is 17.2 Å². The van der Waals surface area contributed by atoms with E-state index >= 15 is 0 Å². The van der Waals surface area contributed by atoms with Crippen molar-refractivity contribution in [1.29, 1.82) is 0 Å². The molecule has 0 saturated carbocycles. The van der Waals surface area contributed by atoms with Gasteiger partial charge in [-0.1, -0.05) is 6.08 Å². The van der Waals surface area contributed by atoms with Gasteiger partial charge < -0.3 is 10.8 Å². The summed E-state index contributed by atoms with van der Waals surface area (Å²) in [6.07, 6.45) is 3.00. The lowest BCUT2D eigenvalue weighted by molar-refractivity contribution is -0.144. The summed E-state index contributed by atoms with van der Waals surface area (Å²) < 4.78 is 0. The van der Waals surface area contributed by atoms with Crippen molar-refractivity contribution in [2.45, 2.75) is 13.8 Å². The lowest BCUT2D eigenvalue weighted by atomic mass is 9.90. The average Bonchev–Trinajstić information content (AvgIpc) is 2.61. The van der Waals surface area contributed by atoms with Crippen LogP contribution in [0.3, 0.4) is 0 Å². The number of thiazole rings is 1. The van der Waals surface area contributed by atoms with Crippen molar-refractivity contribution in [3.8, 4) is 0 Å². The Morgan fingerprint density at radius 3 is 2.69 bits per heavy atom. The van der Waals surface area contributed by atoms with Gasteiger partial charge in [-0.25, -0.2) is 4.98 Å². The van der Waals surface area contributed by atoms with Gasteiger partial charge in [-0.05, 0) is 13.8 Å². The van der Waals surface area contributed by atoms with Crippen LogP contribution in [0.15, 0.2) is 11.5 Å². The summed E-state index contributed by atoms with van der Waals surface area (Å²) in [5, 5.41) is 10.8. The van der Waals surface area contributed by atoms with E-state index in [0.29, 0.717) is 10.8 Å². The first-order valence-electron chi connectivity index (χ1n) is 4.42. The molecule has 1 heterocycles. The Kier molecular flexibility index (Phi) is 3.44. The van der Waals surface area contributed by atoms with Crippen molar-refractivity contribution in [2.75, 3.05) is 5.73 Å². The minimum atomic E-state index is -1.15. The van der Waals surface area contributed by atoms with Crippen molar-refractivity contribution in [1.82, 2.24) is 4.98 Å². The number of carbonyl (C=O) groups excluding carboxylic acids is 1. The van der Waals surface area contributed by atoms with Gasteiger partial charge in [0, 0.05) is 11.0 Å². The van der Waals surface area contributed by atoms with Crippen LogP contribution in [0.4, 0.5) is 5.13 Å². The molecule has 0 spiro atoms. The Morgan fingerprint density at radius 2 is 2.31 bits per heavy atom. The van der Waals surface area contributed by atoms with Crippen LogP contribution in [0.5, 0.6) is 0 Å². The fourth-order valence-corrected chi connectivity index (χ4v) is 1.55. The van der Waals surface area contributed by atoms with Crippen molar-refractivity contribution < 1.29 is 14.7 Å².